The van der Waals surface area contributed by atoms with Crippen molar-refractivity contribution in [3.63, 3.8) is 0 Å². The van der Waals surface area contributed by atoms with Gasteiger partial charge in [0.2, 0.25) is 0 Å². The molecule has 2 atom stereocenters. The summed E-state index contributed by atoms with van der Waals surface area (Å²) in [6, 6.07) is 9.26. The van der Waals surface area contributed by atoms with Gasteiger partial charge in [0.05, 0.1) is 24.3 Å². The van der Waals surface area contributed by atoms with E-state index in [0.717, 1.165) is 5.75 Å². The number of ether oxygens (including phenoxy) is 2. The number of nitriles is 1. The first-order valence-electron chi connectivity index (χ1n) is 7.04. The Morgan fingerprint density at radius 3 is 2.58 bits per heavy atom. The predicted octanol–water partition coefficient (Wildman–Crippen LogP) is 3.53. The highest BCUT2D eigenvalue weighted by molar-refractivity contribution is 5.34. The van der Waals surface area contributed by atoms with Crippen LogP contribution in [0.3, 0.4) is 0 Å². The first kappa shape index (κ1) is 13.9. The molecule has 1 fully saturated rings. The first-order chi connectivity index (χ1) is 9.29. The minimum atomic E-state index is 0.401. The fourth-order valence-electron chi connectivity index (χ4n) is 2.51. The van der Waals surface area contributed by atoms with Crippen molar-refractivity contribution in [1.82, 2.24) is 0 Å². The van der Waals surface area contributed by atoms with E-state index in [-0.39, 0.29) is 0 Å². The van der Waals surface area contributed by atoms with Crippen molar-refractivity contribution in [2.75, 3.05) is 13.2 Å². The molecule has 0 amide bonds. The molecule has 0 N–H and O–H groups in total. The quantitative estimate of drug-likeness (QED) is 0.760. The SMILES string of the molecule is CC1CCCCC1OCCOc1ccc(C#N)cc1. The zero-order chi connectivity index (χ0) is 13.5. The van der Waals surface area contributed by atoms with Gasteiger partial charge in [-0.05, 0) is 43.0 Å². The number of hydrogen-bond donors (Lipinski definition) is 0. The number of benzene rings is 1. The molecule has 0 saturated heterocycles. The van der Waals surface area contributed by atoms with Crippen molar-refractivity contribution < 1.29 is 9.47 Å². The van der Waals surface area contributed by atoms with E-state index in [0.29, 0.717) is 30.8 Å². The Bertz CT molecular complexity index is 421. The highest BCUT2D eigenvalue weighted by atomic mass is 16.5. The third kappa shape index (κ3) is 4.25. The van der Waals surface area contributed by atoms with Gasteiger partial charge in [-0.1, -0.05) is 19.8 Å². The Kier molecular flexibility index (Phi) is 5.23. The van der Waals surface area contributed by atoms with Crippen molar-refractivity contribution in [3.05, 3.63) is 29.8 Å². The standard InChI is InChI=1S/C16H21NO2/c1-13-4-2-3-5-16(13)19-11-10-18-15-8-6-14(12-17)7-9-15/h6-9,13,16H,2-5,10-11H2,1H3. The molecule has 0 bridgehead atoms. The van der Waals surface area contributed by atoms with Gasteiger partial charge in [0.1, 0.15) is 12.4 Å². The van der Waals surface area contributed by atoms with E-state index in [2.05, 4.69) is 13.0 Å². The molecule has 1 saturated carbocycles. The first-order valence-corrected chi connectivity index (χ1v) is 7.04. The van der Waals surface area contributed by atoms with E-state index >= 15 is 0 Å². The third-order valence-electron chi connectivity index (χ3n) is 3.70. The summed E-state index contributed by atoms with van der Waals surface area (Å²) in [6.45, 7) is 3.47. The summed E-state index contributed by atoms with van der Waals surface area (Å²) in [7, 11) is 0. The fourth-order valence-corrected chi connectivity index (χ4v) is 2.51. The van der Waals surface area contributed by atoms with Crippen LogP contribution in [0, 0.1) is 17.2 Å². The van der Waals surface area contributed by atoms with Crippen molar-refractivity contribution in [3.8, 4) is 11.8 Å². The summed E-state index contributed by atoms with van der Waals surface area (Å²) >= 11 is 0. The van der Waals surface area contributed by atoms with E-state index in [9.17, 15) is 0 Å². The second-order valence-corrected chi connectivity index (χ2v) is 5.16. The molecule has 1 aromatic carbocycles. The predicted molar refractivity (Wildman–Crippen MR) is 74.0 cm³/mol. The van der Waals surface area contributed by atoms with Crippen LogP contribution >= 0.6 is 0 Å². The van der Waals surface area contributed by atoms with Crippen LogP contribution in [-0.4, -0.2) is 19.3 Å². The molecule has 0 aromatic heterocycles. The highest BCUT2D eigenvalue weighted by Gasteiger charge is 2.21. The molecule has 0 heterocycles. The van der Waals surface area contributed by atoms with Crippen molar-refractivity contribution >= 4 is 0 Å². The van der Waals surface area contributed by atoms with E-state index in [1.54, 1.807) is 12.1 Å². The van der Waals surface area contributed by atoms with Gasteiger partial charge in [-0.15, -0.1) is 0 Å². The van der Waals surface area contributed by atoms with Crippen LogP contribution in [0.1, 0.15) is 38.2 Å². The van der Waals surface area contributed by atoms with Crippen LogP contribution in [0.2, 0.25) is 0 Å². The average Bonchev–Trinajstić information content (AvgIpc) is 2.46. The van der Waals surface area contributed by atoms with Gasteiger partial charge >= 0.3 is 0 Å². The lowest BCUT2D eigenvalue weighted by Crippen LogP contribution is -2.27. The largest absolute Gasteiger partial charge is 0.491 e. The summed E-state index contributed by atoms with van der Waals surface area (Å²) in [5.74, 6) is 1.46. The summed E-state index contributed by atoms with van der Waals surface area (Å²) < 4.78 is 11.5. The van der Waals surface area contributed by atoms with Crippen LogP contribution < -0.4 is 4.74 Å². The molecule has 1 aromatic rings. The van der Waals surface area contributed by atoms with E-state index in [1.165, 1.54) is 25.7 Å². The van der Waals surface area contributed by atoms with Gasteiger partial charge in [0.25, 0.3) is 0 Å². The Morgan fingerprint density at radius 1 is 1.16 bits per heavy atom. The molecule has 1 aliphatic carbocycles. The van der Waals surface area contributed by atoms with Crippen LogP contribution in [0.5, 0.6) is 5.75 Å². The molecule has 0 spiro atoms. The minimum Gasteiger partial charge on any atom is -0.491 e. The Balaban J connectivity index is 1.67. The van der Waals surface area contributed by atoms with E-state index in [1.807, 2.05) is 12.1 Å². The number of hydrogen-bond acceptors (Lipinski definition) is 3. The van der Waals surface area contributed by atoms with Gasteiger partial charge < -0.3 is 9.47 Å². The lowest BCUT2D eigenvalue weighted by molar-refractivity contribution is -0.0165. The highest BCUT2D eigenvalue weighted by Crippen LogP contribution is 2.26. The molecule has 3 heteroatoms. The van der Waals surface area contributed by atoms with Crippen molar-refractivity contribution in [2.24, 2.45) is 5.92 Å². The minimum absolute atomic E-state index is 0.401. The normalized spacial score (nSPS) is 22.7. The third-order valence-corrected chi connectivity index (χ3v) is 3.70. The van der Waals surface area contributed by atoms with Crippen molar-refractivity contribution in [2.45, 2.75) is 38.7 Å². The monoisotopic (exact) mass is 259 g/mol. The van der Waals surface area contributed by atoms with E-state index < -0.39 is 0 Å². The second kappa shape index (κ2) is 7.16. The van der Waals surface area contributed by atoms with E-state index in [4.69, 9.17) is 14.7 Å². The van der Waals surface area contributed by atoms with Gasteiger partial charge in [-0.25, -0.2) is 0 Å². The fraction of sp³-hybridized carbons (Fsp3) is 0.562. The smallest absolute Gasteiger partial charge is 0.119 e. The summed E-state index contributed by atoms with van der Waals surface area (Å²) in [5.41, 5.74) is 0.652. The van der Waals surface area contributed by atoms with Gasteiger partial charge in [0.15, 0.2) is 0 Å². The Morgan fingerprint density at radius 2 is 1.89 bits per heavy atom. The topological polar surface area (TPSA) is 42.2 Å². The molecule has 102 valence electrons. The Labute approximate surface area is 115 Å². The molecule has 0 aliphatic heterocycles. The molecule has 1 aliphatic rings. The maximum Gasteiger partial charge on any atom is 0.119 e. The average molecular weight is 259 g/mol. The molecule has 2 rings (SSSR count). The van der Waals surface area contributed by atoms with Gasteiger partial charge in [-0.3, -0.25) is 0 Å². The molecular weight excluding hydrogens is 238 g/mol. The van der Waals surface area contributed by atoms with Crippen LogP contribution in [0.4, 0.5) is 0 Å². The second-order valence-electron chi connectivity index (χ2n) is 5.16. The molecule has 2 unspecified atom stereocenters. The van der Waals surface area contributed by atoms with Gasteiger partial charge in [0, 0.05) is 0 Å². The zero-order valence-electron chi connectivity index (χ0n) is 11.5. The lowest BCUT2D eigenvalue weighted by Gasteiger charge is -2.28. The summed E-state index contributed by atoms with van der Waals surface area (Å²) in [5, 5.41) is 8.70. The van der Waals surface area contributed by atoms with Crippen LogP contribution in [-0.2, 0) is 4.74 Å². The number of nitrogens with zero attached hydrogens (tertiary/aromatic N) is 1. The molecule has 19 heavy (non-hydrogen) atoms. The van der Waals surface area contributed by atoms with Crippen LogP contribution in [0.15, 0.2) is 24.3 Å². The number of rotatable bonds is 5. The maximum atomic E-state index is 8.70. The molecular formula is C16H21NO2. The summed E-state index contributed by atoms with van der Waals surface area (Å²) in [4.78, 5) is 0. The molecule has 3 nitrogen and oxygen atoms in total. The van der Waals surface area contributed by atoms with Gasteiger partial charge in [-0.2, -0.15) is 5.26 Å². The summed E-state index contributed by atoms with van der Waals surface area (Å²) in [6.07, 6.45) is 5.48. The Hall–Kier alpha value is -1.53. The van der Waals surface area contributed by atoms with Crippen molar-refractivity contribution in [1.29, 1.82) is 5.26 Å². The zero-order valence-corrected chi connectivity index (χ0v) is 11.5. The molecule has 0 radical (unpaired) electrons. The maximum absolute atomic E-state index is 8.70. The lowest BCUT2D eigenvalue weighted by atomic mass is 9.88. The van der Waals surface area contributed by atoms with Crippen LogP contribution in [0.25, 0.3) is 0 Å².